The van der Waals surface area contributed by atoms with Crippen LogP contribution in [0.25, 0.3) is 0 Å². The van der Waals surface area contributed by atoms with Gasteiger partial charge in [0.2, 0.25) is 5.91 Å². The number of aromatic carboxylic acids is 1. The fourth-order valence-electron chi connectivity index (χ4n) is 3.72. The van der Waals surface area contributed by atoms with Crippen LogP contribution in [0.4, 0.5) is 0 Å². The molecule has 1 amide bonds. The number of carbonyl (C=O) groups excluding carboxylic acids is 1. The van der Waals surface area contributed by atoms with Crippen molar-refractivity contribution in [3.63, 3.8) is 0 Å². The van der Waals surface area contributed by atoms with Crippen molar-refractivity contribution in [2.24, 2.45) is 5.92 Å². The van der Waals surface area contributed by atoms with Gasteiger partial charge in [-0.05, 0) is 56.1 Å². The van der Waals surface area contributed by atoms with Crippen LogP contribution in [0.1, 0.15) is 61.4 Å². The van der Waals surface area contributed by atoms with Crippen LogP contribution in [-0.4, -0.2) is 34.0 Å². The molecule has 2 saturated carbocycles. The number of carboxylic acid groups (broad SMARTS) is 1. The monoisotopic (exact) mass is 315 g/mol. The lowest BCUT2D eigenvalue weighted by atomic mass is 9.86. The van der Waals surface area contributed by atoms with Gasteiger partial charge in [-0.1, -0.05) is 25.1 Å². The number of amides is 1. The van der Waals surface area contributed by atoms with Crippen LogP contribution in [0.15, 0.2) is 24.3 Å². The zero-order valence-corrected chi connectivity index (χ0v) is 13.7. The van der Waals surface area contributed by atoms with Gasteiger partial charge in [-0.25, -0.2) is 4.79 Å². The maximum Gasteiger partial charge on any atom is 0.335 e. The van der Waals surface area contributed by atoms with E-state index in [1.807, 2.05) is 0 Å². The van der Waals surface area contributed by atoms with Crippen LogP contribution in [0, 0.1) is 5.92 Å². The van der Waals surface area contributed by atoms with Crippen LogP contribution < -0.4 is 0 Å². The molecule has 2 aliphatic rings. The Morgan fingerprint density at radius 3 is 2.17 bits per heavy atom. The topological polar surface area (TPSA) is 57.6 Å². The summed E-state index contributed by atoms with van der Waals surface area (Å²) >= 11 is 0. The highest BCUT2D eigenvalue weighted by atomic mass is 16.4. The van der Waals surface area contributed by atoms with Crippen LogP contribution >= 0.6 is 0 Å². The van der Waals surface area contributed by atoms with E-state index in [2.05, 4.69) is 11.8 Å². The summed E-state index contributed by atoms with van der Waals surface area (Å²) in [7, 11) is 0. The SMILES string of the molecule is CC1CCC(N(C(=O)Cc2ccccc2C(=O)O)C2CC2)CC1. The maximum absolute atomic E-state index is 12.9. The summed E-state index contributed by atoms with van der Waals surface area (Å²) in [6.07, 6.45) is 6.94. The van der Waals surface area contributed by atoms with Crippen LogP contribution in [-0.2, 0) is 11.2 Å². The van der Waals surface area contributed by atoms with E-state index in [0.717, 1.165) is 31.6 Å². The Balaban J connectivity index is 1.74. The third-order valence-electron chi connectivity index (χ3n) is 5.20. The molecule has 1 aromatic rings. The standard InChI is InChI=1S/C19H25NO3/c1-13-6-8-15(9-7-13)20(16-10-11-16)18(21)12-14-4-2-3-5-17(14)19(22)23/h2-5,13,15-16H,6-12H2,1H3,(H,22,23). The molecule has 0 heterocycles. The van der Waals surface area contributed by atoms with Crippen molar-refractivity contribution in [2.45, 2.75) is 64.0 Å². The van der Waals surface area contributed by atoms with Gasteiger partial charge in [0.15, 0.2) is 0 Å². The van der Waals surface area contributed by atoms with Gasteiger partial charge in [0.25, 0.3) is 0 Å². The molecule has 0 radical (unpaired) electrons. The predicted molar refractivity (Wildman–Crippen MR) is 88.4 cm³/mol. The molecule has 0 spiro atoms. The van der Waals surface area contributed by atoms with Crippen molar-refractivity contribution in [1.29, 1.82) is 0 Å². The Kier molecular flexibility index (Phi) is 4.69. The summed E-state index contributed by atoms with van der Waals surface area (Å²) in [5.41, 5.74) is 0.869. The maximum atomic E-state index is 12.9. The van der Waals surface area contributed by atoms with Gasteiger partial charge >= 0.3 is 5.97 Å². The van der Waals surface area contributed by atoms with Gasteiger partial charge in [0, 0.05) is 12.1 Å². The summed E-state index contributed by atoms with van der Waals surface area (Å²) < 4.78 is 0. The summed E-state index contributed by atoms with van der Waals surface area (Å²) in [5, 5.41) is 9.29. The molecule has 0 unspecified atom stereocenters. The number of hydrogen-bond acceptors (Lipinski definition) is 2. The lowest BCUT2D eigenvalue weighted by Gasteiger charge is -2.36. The highest BCUT2D eigenvalue weighted by molar-refractivity contribution is 5.91. The molecule has 23 heavy (non-hydrogen) atoms. The average molecular weight is 315 g/mol. The van der Waals surface area contributed by atoms with E-state index < -0.39 is 5.97 Å². The molecule has 0 aliphatic heterocycles. The Morgan fingerprint density at radius 2 is 1.61 bits per heavy atom. The summed E-state index contributed by atoms with van der Waals surface area (Å²) in [6, 6.07) is 7.59. The number of nitrogens with zero attached hydrogens (tertiary/aromatic N) is 1. The zero-order valence-electron chi connectivity index (χ0n) is 13.7. The van der Waals surface area contributed by atoms with E-state index in [1.54, 1.807) is 24.3 Å². The second-order valence-corrected chi connectivity index (χ2v) is 7.08. The van der Waals surface area contributed by atoms with Gasteiger partial charge in [0.1, 0.15) is 0 Å². The van der Waals surface area contributed by atoms with Crippen LogP contribution in [0.3, 0.4) is 0 Å². The molecule has 2 fully saturated rings. The molecule has 0 aromatic heterocycles. The first kappa shape index (κ1) is 16.0. The van der Waals surface area contributed by atoms with Gasteiger partial charge < -0.3 is 10.0 Å². The lowest BCUT2D eigenvalue weighted by Crippen LogP contribution is -2.44. The Labute approximate surface area is 137 Å². The predicted octanol–water partition coefficient (Wildman–Crippen LogP) is 3.50. The zero-order chi connectivity index (χ0) is 16.4. The Morgan fingerprint density at radius 1 is 1.04 bits per heavy atom. The molecule has 124 valence electrons. The molecule has 4 heteroatoms. The van der Waals surface area contributed by atoms with E-state index in [1.165, 1.54) is 12.8 Å². The van der Waals surface area contributed by atoms with Gasteiger partial charge in [0.05, 0.1) is 12.0 Å². The third kappa shape index (κ3) is 3.74. The van der Waals surface area contributed by atoms with Gasteiger partial charge in [-0.3, -0.25) is 4.79 Å². The molecule has 1 aromatic carbocycles. The Bertz CT molecular complexity index is 586. The molecular weight excluding hydrogens is 290 g/mol. The number of hydrogen-bond donors (Lipinski definition) is 1. The fourth-order valence-corrected chi connectivity index (χ4v) is 3.72. The van der Waals surface area contributed by atoms with Crippen molar-refractivity contribution in [3.05, 3.63) is 35.4 Å². The van der Waals surface area contributed by atoms with Crippen LogP contribution in [0.5, 0.6) is 0 Å². The highest BCUT2D eigenvalue weighted by Gasteiger charge is 2.38. The smallest absolute Gasteiger partial charge is 0.335 e. The molecule has 2 aliphatic carbocycles. The van der Waals surface area contributed by atoms with Crippen molar-refractivity contribution < 1.29 is 14.7 Å². The molecule has 0 bridgehead atoms. The second kappa shape index (κ2) is 6.73. The third-order valence-corrected chi connectivity index (χ3v) is 5.20. The minimum Gasteiger partial charge on any atom is -0.478 e. The molecule has 1 N–H and O–H groups in total. The number of carboxylic acids is 1. The molecular formula is C19H25NO3. The largest absolute Gasteiger partial charge is 0.478 e. The van der Waals surface area contributed by atoms with E-state index in [0.29, 0.717) is 17.6 Å². The first-order valence-corrected chi connectivity index (χ1v) is 8.68. The highest BCUT2D eigenvalue weighted by Crippen LogP contribution is 2.35. The van der Waals surface area contributed by atoms with Crippen molar-refractivity contribution >= 4 is 11.9 Å². The van der Waals surface area contributed by atoms with E-state index in [-0.39, 0.29) is 17.9 Å². The quantitative estimate of drug-likeness (QED) is 0.905. The molecule has 4 nitrogen and oxygen atoms in total. The lowest BCUT2D eigenvalue weighted by molar-refractivity contribution is -0.134. The van der Waals surface area contributed by atoms with Crippen molar-refractivity contribution in [3.8, 4) is 0 Å². The molecule has 3 rings (SSSR count). The first-order chi connectivity index (χ1) is 11.1. The van der Waals surface area contributed by atoms with Crippen molar-refractivity contribution in [2.75, 3.05) is 0 Å². The van der Waals surface area contributed by atoms with E-state index in [9.17, 15) is 14.7 Å². The molecule has 0 saturated heterocycles. The van der Waals surface area contributed by atoms with E-state index >= 15 is 0 Å². The van der Waals surface area contributed by atoms with Crippen LogP contribution in [0.2, 0.25) is 0 Å². The Hall–Kier alpha value is -1.84. The van der Waals surface area contributed by atoms with E-state index in [4.69, 9.17) is 0 Å². The first-order valence-electron chi connectivity index (χ1n) is 8.68. The summed E-state index contributed by atoms with van der Waals surface area (Å²) in [5.74, 6) is -0.103. The van der Waals surface area contributed by atoms with Crippen molar-refractivity contribution in [1.82, 2.24) is 4.90 Å². The normalized spacial score (nSPS) is 24.2. The van der Waals surface area contributed by atoms with Gasteiger partial charge in [-0.2, -0.15) is 0 Å². The van der Waals surface area contributed by atoms with Gasteiger partial charge in [-0.15, -0.1) is 0 Å². The number of benzene rings is 1. The minimum absolute atomic E-state index is 0.0979. The fraction of sp³-hybridized carbons (Fsp3) is 0.579. The number of rotatable bonds is 5. The minimum atomic E-state index is -0.960. The summed E-state index contributed by atoms with van der Waals surface area (Å²) in [4.78, 5) is 26.3. The number of carbonyl (C=O) groups is 2. The second-order valence-electron chi connectivity index (χ2n) is 7.08. The summed E-state index contributed by atoms with van der Waals surface area (Å²) in [6.45, 7) is 2.28. The molecule has 0 atom stereocenters. The average Bonchev–Trinajstić information content (AvgIpc) is 3.34.